The summed E-state index contributed by atoms with van der Waals surface area (Å²) in [5.41, 5.74) is -0.533. The fourth-order valence-electron chi connectivity index (χ4n) is 1.50. The second-order valence-corrected chi connectivity index (χ2v) is 4.67. The first kappa shape index (κ1) is 10.9. The Kier molecular flexibility index (Phi) is 3.52. The van der Waals surface area contributed by atoms with Crippen molar-refractivity contribution in [3.05, 3.63) is 0 Å². The highest BCUT2D eigenvalue weighted by atomic mass is 16.5. The van der Waals surface area contributed by atoms with Gasteiger partial charge in [-0.05, 0) is 18.8 Å². The van der Waals surface area contributed by atoms with E-state index < -0.39 is 5.60 Å². The van der Waals surface area contributed by atoms with Crippen molar-refractivity contribution in [2.45, 2.75) is 39.7 Å². The summed E-state index contributed by atoms with van der Waals surface area (Å²) in [4.78, 5) is 0. The molecule has 0 radical (unpaired) electrons. The lowest BCUT2D eigenvalue weighted by Gasteiger charge is -2.30. The van der Waals surface area contributed by atoms with E-state index >= 15 is 0 Å². The third-order valence-electron chi connectivity index (χ3n) is 1.37. The molecule has 1 N–H and O–H groups in total. The van der Waals surface area contributed by atoms with E-state index in [0.29, 0.717) is 6.61 Å². The first-order chi connectivity index (χ1) is 4.77. The SMILES string of the molecule is COCC(C)(O)CC(C)(C)C. The maximum atomic E-state index is 9.73. The first-order valence-corrected chi connectivity index (χ1v) is 3.98. The van der Waals surface area contributed by atoms with Gasteiger partial charge in [-0.25, -0.2) is 0 Å². The lowest BCUT2D eigenvalue weighted by molar-refractivity contribution is -0.0425. The molecule has 68 valence electrons. The Bertz CT molecular complexity index is 111. The van der Waals surface area contributed by atoms with Crippen LogP contribution in [0.3, 0.4) is 0 Å². The van der Waals surface area contributed by atoms with Crippen LogP contribution >= 0.6 is 0 Å². The standard InChI is InChI=1S/C9H20O2/c1-8(2,3)6-9(4,10)7-11-5/h10H,6-7H2,1-5H3. The van der Waals surface area contributed by atoms with Gasteiger partial charge in [0.15, 0.2) is 0 Å². The van der Waals surface area contributed by atoms with Gasteiger partial charge in [-0.3, -0.25) is 0 Å². The van der Waals surface area contributed by atoms with E-state index in [0.717, 1.165) is 6.42 Å². The van der Waals surface area contributed by atoms with Gasteiger partial charge in [-0.15, -0.1) is 0 Å². The molecule has 0 saturated carbocycles. The predicted molar refractivity (Wildman–Crippen MR) is 46.6 cm³/mol. The Hall–Kier alpha value is -0.0800. The molecule has 0 saturated heterocycles. The molecule has 0 rings (SSSR count). The van der Waals surface area contributed by atoms with E-state index in [2.05, 4.69) is 20.8 Å². The second kappa shape index (κ2) is 3.55. The van der Waals surface area contributed by atoms with Crippen LogP contribution in [0.15, 0.2) is 0 Å². The summed E-state index contributed by atoms with van der Waals surface area (Å²) >= 11 is 0. The van der Waals surface area contributed by atoms with Crippen LogP contribution in [0, 0.1) is 5.41 Å². The van der Waals surface area contributed by atoms with Crippen LogP contribution in [0.2, 0.25) is 0 Å². The molecule has 0 aliphatic heterocycles. The zero-order chi connectivity index (χ0) is 9.12. The summed E-state index contributed by atoms with van der Waals surface area (Å²) in [5.74, 6) is 0. The minimum atomic E-state index is -0.688. The monoisotopic (exact) mass is 160 g/mol. The third kappa shape index (κ3) is 6.32. The quantitative estimate of drug-likeness (QED) is 0.682. The highest BCUT2D eigenvalue weighted by Crippen LogP contribution is 2.26. The third-order valence-corrected chi connectivity index (χ3v) is 1.37. The molecule has 0 heterocycles. The van der Waals surface area contributed by atoms with E-state index in [-0.39, 0.29) is 5.41 Å². The van der Waals surface area contributed by atoms with Crippen LogP contribution in [-0.4, -0.2) is 24.4 Å². The summed E-state index contributed by atoms with van der Waals surface area (Å²) in [7, 11) is 1.61. The zero-order valence-corrected chi connectivity index (χ0v) is 8.27. The van der Waals surface area contributed by atoms with E-state index in [1.54, 1.807) is 7.11 Å². The normalized spacial score (nSPS) is 18.0. The van der Waals surface area contributed by atoms with E-state index in [1.165, 1.54) is 0 Å². The van der Waals surface area contributed by atoms with Gasteiger partial charge in [0.1, 0.15) is 0 Å². The van der Waals surface area contributed by atoms with Gasteiger partial charge in [0.25, 0.3) is 0 Å². The van der Waals surface area contributed by atoms with Crippen molar-refractivity contribution in [1.29, 1.82) is 0 Å². The summed E-state index contributed by atoms with van der Waals surface area (Å²) in [6, 6.07) is 0. The molecule has 0 aromatic rings. The number of hydrogen-bond acceptors (Lipinski definition) is 2. The molecule has 0 aliphatic rings. The first-order valence-electron chi connectivity index (χ1n) is 3.98. The Morgan fingerprint density at radius 3 is 1.91 bits per heavy atom. The summed E-state index contributed by atoms with van der Waals surface area (Å²) in [6.07, 6.45) is 0.758. The zero-order valence-electron chi connectivity index (χ0n) is 8.27. The number of hydrogen-bond donors (Lipinski definition) is 1. The lowest BCUT2D eigenvalue weighted by Crippen LogP contribution is -2.34. The minimum Gasteiger partial charge on any atom is -0.388 e. The molecule has 11 heavy (non-hydrogen) atoms. The molecule has 0 fully saturated rings. The topological polar surface area (TPSA) is 29.5 Å². The number of methoxy groups -OCH3 is 1. The van der Waals surface area contributed by atoms with Crippen LogP contribution in [0.25, 0.3) is 0 Å². The molecule has 0 bridgehead atoms. The molecular weight excluding hydrogens is 140 g/mol. The van der Waals surface area contributed by atoms with Gasteiger partial charge < -0.3 is 9.84 Å². The lowest BCUT2D eigenvalue weighted by atomic mass is 9.83. The van der Waals surface area contributed by atoms with Gasteiger partial charge in [-0.2, -0.15) is 0 Å². The second-order valence-electron chi connectivity index (χ2n) is 4.67. The molecule has 0 aromatic carbocycles. The maximum absolute atomic E-state index is 9.73. The molecule has 0 aliphatic carbocycles. The molecule has 1 atom stereocenters. The van der Waals surface area contributed by atoms with Gasteiger partial charge in [0, 0.05) is 7.11 Å². The average Bonchev–Trinajstić information content (AvgIpc) is 1.55. The molecule has 0 aromatic heterocycles. The van der Waals surface area contributed by atoms with Crippen LogP contribution in [-0.2, 0) is 4.74 Å². The molecular formula is C9H20O2. The largest absolute Gasteiger partial charge is 0.388 e. The number of ether oxygens (including phenoxy) is 1. The van der Waals surface area contributed by atoms with Crippen LogP contribution in [0.4, 0.5) is 0 Å². The smallest absolute Gasteiger partial charge is 0.0857 e. The van der Waals surface area contributed by atoms with Crippen molar-refractivity contribution in [2.24, 2.45) is 5.41 Å². The van der Waals surface area contributed by atoms with Crippen molar-refractivity contribution in [3.63, 3.8) is 0 Å². The number of rotatable bonds is 3. The highest BCUT2D eigenvalue weighted by Gasteiger charge is 2.27. The Morgan fingerprint density at radius 2 is 1.64 bits per heavy atom. The Labute approximate surface area is 69.6 Å². The van der Waals surface area contributed by atoms with Crippen LogP contribution in [0.1, 0.15) is 34.1 Å². The minimum absolute atomic E-state index is 0.155. The van der Waals surface area contributed by atoms with Gasteiger partial charge >= 0.3 is 0 Å². The van der Waals surface area contributed by atoms with Crippen molar-refractivity contribution >= 4 is 0 Å². The van der Waals surface area contributed by atoms with Gasteiger partial charge in [0.05, 0.1) is 12.2 Å². The Morgan fingerprint density at radius 1 is 1.18 bits per heavy atom. The molecule has 2 nitrogen and oxygen atoms in total. The summed E-state index contributed by atoms with van der Waals surface area (Å²) in [6.45, 7) is 8.54. The Balaban J connectivity index is 3.91. The number of aliphatic hydroxyl groups is 1. The predicted octanol–water partition coefficient (Wildman–Crippen LogP) is 1.82. The molecule has 0 spiro atoms. The van der Waals surface area contributed by atoms with Gasteiger partial charge in [0.2, 0.25) is 0 Å². The summed E-state index contributed by atoms with van der Waals surface area (Å²) in [5, 5.41) is 9.73. The molecule has 2 heteroatoms. The fourth-order valence-corrected chi connectivity index (χ4v) is 1.50. The van der Waals surface area contributed by atoms with E-state index in [9.17, 15) is 5.11 Å². The maximum Gasteiger partial charge on any atom is 0.0857 e. The average molecular weight is 160 g/mol. The van der Waals surface area contributed by atoms with Gasteiger partial charge in [-0.1, -0.05) is 20.8 Å². The van der Waals surface area contributed by atoms with Crippen LogP contribution in [0.5, 0.6) is 0 Å². The van der Waals surface area contributed by atoms with Crippen LogP contribution < -0.4 is 0 Å². The van der Waals surface area contributed by atoms with E-state index in [1.807, 2.05) is 6.92 Å². The van der Waals surface area contributed by atoms with Crippen molar-refractivity contribution in [2.75, 3.05) is 13.7 Å². The highest BCUT2D eigenvalue weighted by molar-refractivity contribution is 4.78. The summed E-state index contributed by atoms with van der Waals surface area (Å²) < 4.78 is 4.90. The fraction of sp³-hybridized carbons (Fsp3) is 1.00. The van der Waals surface area contributed by atoms with Crippen molar-refractivity contribution in [3.8, 4) is 0 Å². The van der Waals surface area contributed by atoms with Crippen molar-refractivity contribution < 1.29 is 9.84 Å². The van der Waals surface area contributed by atoms with Crippen molar-refractivity contribution in [1.82, 2.24) is 0 Å². The molecule has 1 unspecified atom stereocenters. The molecule has 0 amide bonds. The van der Waals surface area contributed by atoms with E-state index in [4.69, 9.17) is 4.74 Å².